The van der Waals surface area contributed by atoms with Gasteiger partial charge in [-0.1, -0.05) is 56.0 Å². The minimum Gasteiger partial charge on any atom is -0.450 e. The highest BCUT2D eigenvalue weighted by atomic mass is 32.2. The van der Waals surface area contributed by atoms with Gasteiger partial charge in [0.25, 0.3) is 0 Å². The number of nitrogens with one attached hydrogen (secondary N) is 2. The van der Waals surface area contributed by atoms with E-state index in [1.807, 2.05) is 57.4 Å². The van der Waals surface area contributed by atoms with E-state index in [2.05, 4.69) is 39.6 Å². The molecule has 4 heterocycles. The molecule has 2 fully saturated rings. The number of rotatable bonds is 9. The van der Waals surface area contributed by atoms with Crippen molar-refractivity contribution in [1.82, 2.24) is 29.7 Å². The van der Waals surface area contributed by atoms with Gasteiger partial charge in [0.2, 0.25) is 0 Å². The quantitative estimate of drug-likeness (QED) is 0.165. The summed E-state index contributed by atoms with van der Waals surface area (Å²) in [5.74, 6) is 1.05. The first-order chi connectivity index (χ1) is 24.2. The lowest BCUT2D eigenvalue weighted by Crippen LogP contribution is -2.37. The third kappa shape index (κ3) is 8.69. The Kier molecular flexibility index (Phi) is 10.7. The first-order valence-electron chi connectivity index (χ1n) is 17.7. The normalized spacial score (nSPS) is 19.5. The maximum absolute atomic E-state index is 15.6. The first-order valence-corrected chi connectivity index (χ1v) is 22.6. The van der Waals surface area contributed by atoms with Crippen molar-refractivity contribution in [3.05, 3.63) is 72.3 Å². The molecule has 272 valence electrons. The van der Waals surface area contributed by atoms with Crippen molar-refractivity contribution in [2.75, 3.05) is 26.0 Å². The van der Waals surface area contributed by atoms with Gasteiger partial charge in [-0.05, 0) is 69.5 Å². The van der Waals surface area contributed by atoms with Gasteiger partial charge in [0, 0.05) is 37.5 Å². The topological polar surface area (TPSA) is 116 Å². The minimum absolute atomic E-state index is 0.148. The molecule has 2 aliphatic rings. The van der Waals surface area contributed by atoms with Crippen LogP contribution in [-0.2, 0) is 9.47 Å². The van der Waals surface area contributed by atoms with Crippen LogP contribution in [0, 0.1) is 5.82 Å². The van der Waals surface area contributed by atoms with Crippen LogP contribution in [0.4, 0.5) is 14.0 Å². The van der Waals surface area contributed by atoms with Gasteiger partial charge < -0.3 is 19.4 Å². The number of aromatic nitrogens is 4. The summed E-state index contributed by atoms with van der Waals surface area (Å²) in [5, 5.41) is 0.271. The van der Waals surface area contributed by atoms with Crippen molar-refractivity contribution >= 4 is 32.0 Å². The number of benzene rings is 2. The van der Waals surface area contributed by atoms with Gasteiger partial charge in [0.15, 0.2) is 0 Å². The van der Waals surface area contributed by atoms with E-state index in [0.717, 1.165) is 48.0 Å². The number of nitrogens with zero attached hydrogens (tertiary/aromatic N) is 4. The summed E-state index contributed by atoms with van der Waals surface area (Å²) in [7, 11) is -1.29. The molecule has 0 unspecified atom stereocenters. The molecular formula is C38H49FN6O4SSi. The van der Waals surface area contributed by atoms with Gasteiger partial charge >= 0.3 is 12.2 Å². The van der Waals surface area contributed by atoms with Gasteiger partial charge in [-0.15, -0.1) is 0 Å². The van der Waals surface area contributed by atoms with Gasteiger partial charge in [0.05, 0.1) is 42.5 Å². The predicted molar refractivity (Wildman–Crippen MR) is 203 cm³/mol. The van der Waals surface area contributed by atoms with Crippen LogP contribution in [0.3, 0.4) is 0 Å². The molecule has 10 nitrogen and oxygen atoms in total. The fraction of sp³-hybridized carbons (Fsp3) is 0.474. The first kappa shape index (κ1) is 36.7. The molecule has 2 aromatic heterocycles. The Morgan fingerprint density at radius 1 is 0.922 bits per heavy atom. The van der Waals surface area contributed by atoms with E-state index in [1.165, 1.54) is 6.07 Å². The predicted octanol–water partition coefficient (Wildman–Crippen LogP) is 9.30. The van der Waals surface area contributed by atoms with E-state index in [4.69, 9.17) is 9.47 Å². The molecule has 51 heavy (non-hydrogen) atoms. The SMILES string of the molecule is CS[C@H]1C[C@@H](c2ncc(-c3ccc(-c4ccc(-c5cnc([C@@H]6CCCN6C(=O)OCC[Si](C)(C)C)[nH]5)cc4)c(F)c3)[nH]2)N(C(=O)OC(C)(C)C)C1. The highest BCUT2D eigenvalue weighted by Crippen LogP contribution is 2.38. The average molecular weight is 733 g/mol. The number of imidazole rings is 2. The van der Waals surface area contributed by atoms with E-state index >= 15 is 4.39 Å². The number of halogens is 1. The van der Waals surface area contributed by atoms with Crippen molar-refractivity contribution in [3.63, 3.8) is 0 Å². The highest BCUT2D eigenvalue weighted by Gasteiger charge is 2.40. The maximum Gasteiger partial charge on any atom is 0.410 e. The number of likely N-dealkylation sites (tertiary alicyclic amines) is 2. The van der Waals surface area contributed by atoms with Crippen LogP contribution in [0.15, 0.2) is 54.9 Å². The molecule has 0 spiro atoms. The molecular weight excluding hydrogens is 684 g/mol. The Morgan fingerprint density at radius 2 is 1.55 bits per heavy atom. The third-order valence-corrected chi connectivity index (χ3v) is 12.1. The summed E-state index contributed by atoms with van der Waals surface area (Å²) in [6.45, 7) is 14.1. The Bertz CT molecular complexity index is 1850. The van der Waals surface area contributed by atoms with Gasteiger partial charge in [0.1, 0.15) is 23.1 Å². The van der Waals surface area contributed by atoms with Crippen LogP contribution in [0.1, 0.15) is 63.8 Å². The molecule has 0 bridgehead atoms. The second-order valence-electron chi connectivity index (χ2n) is 15.7. The second-order valence-corrected chi connectivity index (χ2v) is 22.4. The van der Waals surface area contributed by atoms with Crippen LogP contribution >= 0.6 is 11.8 Å². The van der Waals surface area contributed by atoms with Crippen LogP contribution < -0.4 is 0 Å². The molecule has 4 aromatic rings. The zero-order valence-electron chi connectivity index (χ0n) is 30.6. The lowest BCUT2D eigenvalue weighted by Gasteiger charge is -2.27. The van der Waals surface area contributed by atoms with Crippen molar-refractivity contribution in [1.29, 1.82) is 0 Å². The van der Waals surface area contributed by atoms with Crippen molar-refractivity contribution < 1.29 is 23.5 Å². The Morgan fingerprint density at radius 3 is 2.18 bits per heavy atom. The fourth-order valence-electron chi connectivity index (χ4n) is 6.60. The maximum atomic E-state index is 15.6. The molecule has 2 aromatic carbocycles. The smallest absolute Gasteiger partial charge is 0.410 e. The van der Waals surface area contributed by atoms with Gasteiger partial charge in [-0.25, -0.2) is 23.9 Å². The molecule has 0 saturated carbocycles. The number of hydrogen-bond donors (Lipinski definition) is 2. The van der Waals surface area contributed by atoms with E-state index in [1.54, 1.807) is 40.0 Å². The molecule has 6 rings (SSSR count). The molecule has 2 amide bonds. The van der Waals surface area contributed by atoms with Crippen molar-refractivity contribution in [2.45, 2.75) is 88.7 Å². The Balaban J connectivity index is 1.12. The lowest BCUT2D eigenvalue weighted by atomic mass is 10.0. The molecule has 2 aliphatic heterocycles. The molecule has 13 heteroatoms. The van der Waals surface area contributed by atoms with Crippen LogP contribution in [0.2, 0.25) is 25.7 Å². The summed E-state index contributed by atoms with van der Waals surface area (Å²) in [4.78, 5) is 45.4. The third-order valence-electron chi connectivity index (χ3n) is 9.40. The van der Waals surface area contributed by atoms with E-state index in [-0.39, 0.29) is 35.3 Å². The van der Waals surface area contributed by atoms with E-state index in [9.17, 15) is 9.59 Å². The van der Waals surface area contributed by atoms with Gasteiger partial charge in [-0.2, -0.15) is 11.8 Å². The summed E-state index contributed by atoms with van der Waals surface area (Å²) in [6.07, 6.45) is 7.36. The zero-order chi connectivity index (χ0) is 36.5. The monoisotopic (exact) mass is 732 g/mol. The Hall–Kier alpha value is -4.10. The highest BCUT2D eigenvalue weighted by molar-refractivity contribution is 7.99. The van der Waals surface area contributed by atoms with Crippen LogP contribution in [0.25, 0.3) is 33.6 Å². The molecule has 3 atom stereocenters. The number of hydrogen-bond acceptors (Lipinski definition) is 7. The van der Waals surface area contributed by atoms with Crippen molar-refractivity contribution in [2.24, 2.45) is 0 Å². The molecule has 2 saturated heterocycles. The number of ether oxygens (including phenoxy) is 2. The number of carbonyl (C=O) groups is 2. The number of H-pyrrole nitrogens is 2. The number of thioether (sulfide) groups is 1. The zero-order valence-corrected chi connectivity index (χ0v) is 32.4. The number of carbonyl (C=O) groups excluding carboxylic acids is 2. The second kappa shape index (κ2) is 14.9. The van der Waals surface area contributed by atoms with Gasteiger partial charge in [-0.3, -0.25) is 9.80 Å². The lowest BCUT2D eigenvalue weighted by molar-refractivity contribution is 0.0219. The molecule has 0 aliphatic carbocycles. The van der Waals surface area contributed by atoms with Crippen LogP contribution in [-0.4, -0.2) is 86.8 Å². The minimum atomic E-state index is -1.29. The summed E-state index contributed by atoms with van der Waals surface area (Å²) >= 11 is 1.72. The number of amides is 2. The van der Waals surface area contributed by atoms with Crippen molar-refractivity contribution in [3.8, 4) is 33.6 Å². The fourth-order valence-corrected chi connectivity index (χ4v) is 8.00. The number of aromatic amines is 2. The largest absolute Gasteiger partial charge is 0.450 e. The Labute approximate surface area is 304 Å². The summed E-state index contributed by atoms with van der Waals surface area (Å²) < 4.78 is 26.9. The summed E-state index contributed by atoms with van der Waals surface area (Å²) in [5.41, 5.74) is 3.73. The van der Waals surface area contributed by atoms with Crippen LogP contribution in [0.5, 0.6) is 0 Å². The molecule has 0 radical (unpaired) electrons. The summed E-state index contributed by atoms with van der Waals surface area (Å²) in [6, 6.07) is 13.4. The van der Waals surface area contributed by atoms with E-state index < -0.39 is 13.7 Å². The standard InChI is InChI=1S/C38H49FN6O4SSi/c1-38(2,3)49-37(47)45-23-27(50-4)20-33(45)35-41-22-31(43-35)26-14-15-28(29(39)19-26)24-10-12-25(13-11-24)30-21-40-34(42-30)32-9-8-16-44(32)36(46)48-17-18-51(5,6)7/h10-15,19,21-22,27,32-33H,8-9,16-18,20,23H2,1-7H3,(H,40,42)(H,41,43)/t27-,32-,33-/m0/s1. The van der Waals surface area contributed by atoms with E-state index in [0.29, 0.717) is 42.3 Å². The average Bonchev–Trinajstić information content (AvgIpc) is 3.89. The molecule has 2 N–H and O–H groups in total.